The maximum Gasteiger partial charge on any atom is 0.243 e. The van der Waals surface area contributed by atoms with Crippen molar-refractivity contribution in [2.45, 2.75) is 33.1 Å². The Kier molecular flexibility index (Phi) is 3.57. The van der Waals surface area contributed by atoms with Gasteiger partial charge in [0.1, 0.15) is 0 Å². The summed E-state index contributed by atoms with van der Waals surface area (Å²) in [5, 5.41) is 4.22. The summed E-state index contributed by atoms with van der Waals surface area (Å²) in [5.41, 5.74) is 5.89. The largest absolute Gasteiger partial charge is 0.273 e. The number of hydrazone groups is 1. The van der Waals surface area contributed by atoms with Gasteiger partial charge in [0.05, 0.1) is 5.71 Å². The predicted octanol–water partition coefficient (Wildman–Crippen LogP) is 2.64. The second-order valence-corrected chi connectivity index (χ2v) is 4.53. The van der Waals surface area contributed by atoms with Gasteiger partial charge in [-0.2, -0.15) is 5.10 Å². The first-order valence-corrected chi connectivity index (χ1v) is 6.14. The summed E-state index contributed by atoms with van der Waals surface area (Å²) in [4.78, 5) is 11.5. The molecule has 0 radical (unpaired) electrons. The van der Waals surface area contributed by atoms with Crippen molar-refractivity contribution in [3.05, 3.63) is 35.4 Å². The standard InChI is InChI=1S/C14H18N2O/c1-3-13(11-6-4-10(2)5-7-11)15-16-14(17)12-8-9-12/h4-7,12H,3,8-9H2,1-2H3,(H,16,17)/b15-13+. The monoisotopic (exact) mass is 230 g/mol. The summed E-state index contributed by atoms with van der Waals surface area (Å²) in [6.07, 6.45) is 2.83. The number of hydrogen-bond acceptors (Lipinski definition) is 2. The number of rotatable bonds is 4. The van der Waals surface area contributed by atoms with E-state index in [1.165, 1.54) is 5.56 Å². The molecule has 1 aromatic carbocycles. The van der Waals surface area contributed by atoms with Crippen LogP contribution in [0.25, 0.3) is 0 Å². The van der Waals surface area contributed by atoms with Gasteiger partial charge in [-0.25, -0.2) is 5.43 Å². The van der Waals surface area contributed by atoms with Crippen LogP contribution in [0.5, 0.6) is 0 Å². The Balaban J connectivity index is 2.06. The van der Waals surface area contributed by atoms with Crippen molar-refractivity contribution in [3.8, 4) is 0 Å². The van der Waals surface area contributed by atoms with E-state index in [-0.39, 0.29) is 11.8 Å². The van der Waals surface area contributed by atoms with Gasteiger partial charge in [-0.1, -0.05) is 36.8 Å². The molecule has 2 rings (SSSR count). The lowest BCUT2D eigenvalue weighted by atomic mass is 10.1. The summed E-state index contributed by atoms with van der Waals surface area (Å²) < 4.78 is 0. The zero-order valence-corrected chi connectivity index (χ0v) is 10.4. The molecule has 0 atom stereocenters. The number of benzene rings is 1. The number of nitrogens with one attached hydrogen (secondary N) is 1. The van der Waals surface area contributed by atoms with Crippen LogP contribution in [0.1, 0.15) is 37.3 Å². The Hall–Kier alpha value is -1.64. The lowest BCUT2D eigenvalue weighted by Gasteiger charge is -2.05. The van der Waals surface area contributed by atoms with Gasteiger partial charge in [-0.15, -0.1) is 0 Å². The Morgan fingerprint density at radius 3 is 2.53 bits per heavy atom. The zero-order valence-electron chi connectivity index (χ0n) is 10.4. The van der Waals surface area contributed by atoms with E-state index in [4.69, 9.17) is 0 Å². The molecular weight excluding hydrogens is 212 g/mol. The van der Waals surface area contributed by atoms with E-state index in [2.05, 4.69) is 29.6 Å². The fourth-order valence-corrected chi connectivity index (χ4v) is 1.65. The Bertz CT molecular complexity index is 430. The molecule has 0 bridgehead atoms. The first-order chi connectivity index (χ1) is 8.20. The van der Waals surface area contributed by atoms with Gasteiger partial charge in [-0.05, 0) is 31.7 Å². The molecule has 1 N–H and O–H groups in total. The third-order valence-electron chi connectivity index (χ3n) is 2.97. The molecule has 0 saturated heterocycles. The number of nitrogens with zero attached hydrogens (tertiary/aromatic N) is 1. The fraction of sp³-hybridized carbons (Fsp3) is 0.429. The van der Waals surface area contributed by atoms with E-state index >= 15 is 0 Å². The molecule has 0 aliphatic heterocycles. The second kappa shape index (κ2) is 5.13. The van der Waals surface area contributed by atoms with Crippen molar-refractivity contribution < 1.29 is 4.79 Å². The summed E-state index contributed by atoms with van der Waals surface area (Å²) in [5.74, 6) is 0.262. The fourth-order valence-electron chi connectivity index (χ4n) is 1.65. The molecule has 0 heterocycles. The third kappa shape index (κ3) is 3.16. The average molecular weight is 230 g/mol. The molecule has 0 aromatic heterocycles. The third-order valence-corrected chi connectivity index (χ3v) is 2.97. The van der Waals surface area contributed by atoms with Crippen LogP contribution in [0, 0.1) is 12.8 Å². The van der Waals surface area contributed by atoms with Gasteiger partial charge in [0, 0.05) is 5.92 Å². The number of carbonyl (C=O) groups is 1. The quantitative estimate of drug-likeness (QED) is 0.627. The minimum absolute atomic E-state index is 0.0584. The van der Waals surface area contributed by atoms with Gasteiger partial charge in [0.25, 0.3) is 0 Å². The predicted molar refractivity (Wildman–Crippen MR) is 68.9 cm³/mol. The van der Waals surface area contributed by atoms with E-state index in [0.29, 0.717) is 0 Å². The Morgan fingerprint density at radius 2 is 2.00 bits per heavy atom. The normalized spacial score (nSPS) is 15.8. The van der Waals surface area contributed by atoms with Gasteiger partial charge in [0.2, 0.25) is 5.91 Å². The number of hydrogen-bond donors (Lipinski definition) is 1. The van der Waals surface area contributed by atoms with E-state index in [9.17, 15) is 4.79 Å². The minimum atomic E-state index is 0.0584. The SMILES string of the molecule is CC/C(=N\NC(=O)C1CC1)c1ccc(C)cc1. The van der Waals surface area contributed by atoms with Crippen LogP contribution in [-0.2, 0) is 4.79 Å². The molecule has 1 aromatic rings. The summed E-state index contributed by atoms with van der Waals surface area (Å²) in [7, 11) is 0. The average Bonchev–Trinajstić information content (AvgIpc) is 3.16. The summed E-state index contributed by atoms with van der Waals surface area (Å²) >= 11 is 0. The molecule has 90 valence electrons. The van der Waals surface area contributed by atoms with Crippen LogP contribution in [-0.4, -0.2) is 11.6 Å². The first kappa shape index (κ1) is 11.8. The van der Waals surface area contributed by atoms with Gasteiger partial charge in [0.15, 0.2) is 0 Å². The number of carbonyl (C=O) groups excluding carboxylic acids is 1. The lowest BCUT2D eigenvalue weighted by molar-refractivity contribution is -0.122. The molecule has 0 unspecified atom stereocenters. The van der Waals surface area contributed by atoms with Crippen LogP contribution < -0.4 is 5.43 Å². The molecule has 17 heavy (non-hydrogen) atoms. The molecule has 1 aliphatic carbocycles. The van der Waals surface area contributed by atoms with Crippen LogP contribution in [0.4, 0.5) is 0 Å². The highest BCUT2D eigenvalue weighted by atomic mass is 16.2. The molecule has 1 fully saturated rings. The van der Waals surface area contributed by atoms with Crippen molar-refractivity contribution in [2.24, 2.45) is 11.0 Å². The second-order valence-electron chi connectivity index (χ2n) is 4.53. The number of amides is 1. The smallest absolute Gasteiger partial charge is 0.243 e. The molecule has 3 nitrogen and oxygen atoms in total. The summed E-state index contributed by atoms with van der Waals surface area (Å²) in [6.45, 7) is 4.10. The van der Waals surface area contributed by atoms with Crippen LogP contribution in [0.15, 0.2) is 29.4 Å². The highest BCUT2D eigenvalue weighted by Crippen LogP contribution is 2.28. The van der Waals surface area contributed by atoms with Crippen molar-refractivity contribution in [3.63, 3.8) is 0 Å². The Labute approximate surface area is 102 Å². The van der Waals surface area contributed by atoms with Gasteiger partial charge in [-0.3, -0.25) is 4.79 Å². The van der Waals surface area contributed by atoms with Crippen molar-refractivity contribution in [1.82, 2.24) is 5.43 Å². The minimum Gasteiger partial charge on any atom is -0.273 e. The van der Waals surface area contributed by atoms with Crippen LogP contribution in [0.3, 0.4) is 0 Å². The maximum atomic E-state index is 11.5. The van der Waals surface area contributed by atoms with E-state index in [1.807, 2.05) is 19.1 Å². The first-order valence-electron chi connectivity index (χ1n) is 6.14. The van der Waals surface area contributed by atoms with Crippen LogP contribution >= 0.6 is 0 Å². The molecule has 1 aliphatic rings. The van der Waals surface area contributed by atoms with Gasteiger partial charge >= 0.3 is 0 Å². The van der Waals surface area contributed by atoms with E-state index in [0.717, 1.165) is 30.5 Å². The van der Waals surface area contributed by atoms with E-state index in [1.54, 1.807) is 0 Å². The zero-order chi connectivity index (χ0) is 12.3. The highest BCUT2D eigenvalue weighted by Gasteiger charge is 2.29. The van der Waals surface area contributed by atoms with Crippen molar-refractivity contribution in [2.75, 3.05) is 0 Å². The molecule has 1 amide bonds. The molecule has 0 spiro atoms. The molecule has 1 saturated carbocycles. The number of aryl methyl sites for hydroxylation is 1. The van der Waals surface area contributed by atoms with Crippen molar-refractivity contribution in [1.29, 1.82) is 0 Å². The summed E-state index contributed by atoms with van der Waals surface area (Å²) in [6, 6.07) is 8.20. The molecular formula is C14H18N2O. The van der Waals surface area contributed by atoms with Crippen molar-refractivity contribution >= 4 is 11.6 Å². The van der Waals surface area contributed by atoms with E-state index < -0.39 is 0 Å². The Morgan fingerprint density at radius 1 is 1.35 bits per heavy atom. The van der Waals surface area contributed by atoms with Crippen LogP contribution in [0.2, 0.25) is 0 Å². The lowest BCUT2D eigenvalue weighted by Crippen LogP contribution is -2.21. The van der Waals surface area contributed by atoms with Gasteiger partial charge < -0.3 is 0 Å². The topological polar surface area (TPSA) is 41.5 Å². The highest BCUT2D eigenvalue weighted by molar-refractivity contribution is 6.01. The maximum absolute atomic E-state index is 11.5. The molecule has 3 heteroatoms.